The molecule has 0 aromatic rings. The van der Waals surface area contributed by atoms with E-state index in [0.29, 0.717) is 12.8 Å². The molecule has 0 rings (SSSR count). The summed E-state index contributed by atoms with van der Waals surface area (Å²) in [6.45, 7) is 8.47. The fourth-order valence-electron chi connectivity index (χ4n) is 1.34. The SMILES string of the molecule is C=CC(=O)CCC(C)(CCC(=O)C=C)N=C=O. The summed E-state index contributed by atoms with van der Waals surface area (Å²) >= 11 is 0. The van der Waals surface area contributed by atoms with Crippen molar-refractivity contribution in [1.29, 1.82) is 0 Å². The number of isocyanates is 1. The van der Waals surface area contributed by atoms with Gasteiger partial charge in [-0.2, -0.15) is 4.99 Å². The minimum Gasteiger partial charge on any atom is -0.295 e. The molecule has 0 amide bonds. The molecule has 0 atom stereocenters. The molecule has 92 valence electrons. The third-order valence-electron chi connectivity index (χ3n) is 2.59. The van der Waals surface area contributed by atoms with Crippen LogP contribution in [0.4, 0.5) is 0 Å². The molecule has 0 N–H and O–H groups in total. The lowest BCUT2D eigenvalue weighted by Gasteiger charge is -2.22. The van der Waals surface area contributed by atoms with Gasteiger partial charge in [0.2, 0.25) is 6.08 Å². The van der Waals surface area contributed by atoms with Gasteiger partial charge in [-0.15, -0.1) is 0 Å². The van der Waals surface area contributed by atoms with Crippen molar-refractivity contribution in [3.63, 3.8) is 0 Å². The van der Waals surface area contributed by atoms with Crippen molar-refractivity contribution < 1.29 is 14.4 Å². The minimum absolute atomic E-state index is 0.104. The molecule has 4 heteroatoms. The smallest absolute Gasteiger partial charge is 0.235 e. The van der Waals surface area contributed by atoms with Crippen LogP contribution in [-0.2, 0) is 14.4 Å². The molecule has 0 saturated heterocycles. The summed E-state index contributed by atoms with van der Waals surface area (Å²) in [5, 5.41) is 0. The number of nitrogens with zero attached hydrogens (tertiary/aromatic N) is 1. The lowest BCUT2D eigenvalue weighted by molar-refractivity contribution is -0.115. The Hall–Kier alpha value is -1.80. The van der Waals surface area contributed by atoms with Crippen LogP contribution in [-0.4, -0.2) is 23.2 Å². The Kier molecular flexibility index (Phi) is 6.68. The molecule has 17 heavy (non-hydrogen) atoms. The highest BCUT2D eigenvalue weighted by atomic mass is 16.1. The first-order valence-corrected chi connectivity index (χ1v) is 5.37. The summed E-state index contributed by atoms with van der Waals surface area (Å²) in [5.74, 6) is -0.209. The molecule has 0 saturated carbocycles. The normalized spacial score (nSPS) is 10.2. The van der Waals surface area contributed by atoms with Crippen LogP contribution < -0.4 is 0 Å². The van der Waals surface area contributed by atoms with Crippen LogP contribution in [0.25, 0.3) is 0 Å². The first-order valence-electron chi connectivity index (χ1n) is 5.37. The highest BCUT2D eigenvalue weighted by Gasteiger charge is 2.24. The first kappa shape index (κ1) is 15.2. The van der Waals surface area contributed by atoms with Gasteiger partial charge >= 0.3 is 0 Å². The zero-order valence-electron chi connectivity index (χ0n) is 10.1. The molecule has 0 bridgehead atoms. The van der Waals surface area contributed by atoms with E-state index >= 15 is 0 Å². The number of aliphatic imine (C=N–C) groups is 1. The molecule has 0 heterocycles. The molecule has 0 aromatic heterocycles. The van der Waals surface area contributed by atoms with Crippen LogP contribution in [0.1, 0.15) is 32.6 Å². The van der Waals surface area contributed by atoms with E-state index in [1.54, 1.807) is 6.92 Å². The maximum Gasteiger partial charge on any atom is 0.235 e. The van der Waals surface area contributed by atoms with Gasteiger partial charge in [-0.05, 0) is 31.9 Å². The summed E-state index contributed by atoms with van der Waals surface area (Å²) in [5.41, 5.74) is -0.723. The number of carbonyl (C=O) groups is 2. The van der Waals surface area contributed by atoms with Gasteiger partial charge in [0.15, 0.2) is 11.6 Å². The van der Waals surface area contributed by atoms with Crippen LogP contribution in [0.5, 0.6) is 0 Å². The maximum absolute atomic E-state index is 11.1. The summed E-state index contributed by atoms with van der Waals surface area (Å²) in [6.07, 6.45) is 5.28. The van der Waals surface area contributed by atoms with Crippen molar-refractivity contribution in [2.24, 2.45) is 4.99 Å². The van der Waals surface area contributed by atoms with Crippen molar-refractivity contribution in [1.82, 2.24) is 0 Å². The van der Waals surface area contributed by atoms with Gasteiger partial charge < -0.3 is 0 Å². The van der Waals surface area contributed by atoms with Crippen molar-refractivity contribution in [3.8, 4) is 0 Å². The summed E-state index contributed by atoms with van der Waals surface area (Å²) in [7, 11) is 0. The molecule has 0 aromatic carbocycles. The summed E-state index contributed by atoms with van der Waals surface area (Å²) in [6, 6.07) is 0. The largest absolute Gasteiger partial charge is 0.295 e. The molecular weight excluding hydrogens is 218 g/mol. The summed E-state index contributed by atoms with van der Waals surface area (Å²) in [4.78, 5) is 36.3. The Morgan fingerprint density at radius 2 is 1.59 bits per heavy atom. The van der Waals surface area contributed by atoms with E-state index in [2.05, 4.69) is 18.2 Å². The molecule has 0 aliphatic heterocycles. The van der Waals surface area contributed by atoms with E-state index in [1.807, 2.05) is 0 Å². The van der Waals surface area contributed by atoms with E-state index in [9.17, 15) is 14.4 Å². The maximum atomic E-state index is 11.1. The lowest BCUT2D eigenvalue weighted by atomic mass is 9.89. The number of carbonyl (C=O) groups excluding carboxylic acids is 3. The number of rotatable bonds is 9. The van der Waals surface area contributed by atoms with E-state index < -0.39 is 5.54 Å². The fourth-order valence-corrected chi connectivity index (χ4v) is 1.34. The highest BCUT2D eigenvalue weighted by molar-refractivity contribution is 5.89. The molecule has 0 fully saturated rings. The number of ketones is 2. The molecule has 4 nitrogen and oxygen atoms in total. The minimum atomic E-state index is -0.723. The third kappa shape index (κ3) is 6.38. The lowest BCUT2D eigenvalue weighted by Crippen LogP contribution is -2.24. The third-order valence-corrected chi connectivity index (χ3v) is 2.59. The van der Waals surface area contributed by atoms with Crippen molar-refractivity contribution in [2.75, 3.05) is 0 Å². The molecule has 0 aliphatic rings. The Bertz CT molecular complexity index is 341. The Balaban J connectivity index is 4.49. The number of hydrogen-bond donors (Lipinski definition) is 0. The second-order valence-electron chi connectivity index (χ2n) is 4.04. The molecule has 0 radical (unpaired) electrons. The molecule has 0 spiro atoms. The molecular formula is C13H17NO3. The first-order chi connectivity index (χ1) is 7.97. The zero-order chi connectivity index (χ0) is 13.3. The predicted octanol–water partition coefficient (Wildman–Crippen LogP) is 2.15. The zero-order valence-corrected chi connectivity index (χ0v) is 10.1. The van der Waals surface area contributed by atoms with E-state index in [-0.39, 0.29) is 24.4 Å². The topological polar surface area (TPSA) is 63.6 Å². The molecule has 0 aliphatic carbocycles. The van der Waals surface area contributed by atoms with E-state index in [1.165, 1.54) is 18.2 Å². The fraction of sp³-hybridized carbons (Fsp3) is 0.462. The van der Waals surface area contributed by atoms with Gasteiger partial charge in [0.25, 0.3) is 0 Å². The van der Waals surface area contributed by atoms with Crippen LogP contribution in [0, 0.1) is 0 Å². The second kappa shape index (κ2) is 7.47. The van der Waals surface area contributed by atoms with Gasteiger partial charge in [-0.25, -0.2) is 4.79 Å². The number of allylic oxidation sites excluding steroid dienone is 2. The van der Waals surface area contributed by atoms with E-state index in [4.69, 9.17) is 0 Å². The average molecular weight is 235 g/mol. The van der Waals surface area contributed by atoms with Crippen LogP contribution >= 0.6 is 0 Å². The predicted molar refractivity (Wildman–Crippen MR) is 65.4 cm³/mol. The average Bonchev–Trinajstić information content (AvgIpc) is 2.33. The van der Waals surface area contributed by atoms with Crippen molar-refractivity contribution >= 4 is 17.6 Å². The quantitative estimate of drug-likeness (QED) is 0.349. The van der Waals surface area contributed by atoms with Gasteiger partial charge in [0.05, 0.1) is 5.54 Å². The Labute approximate surface area is 101 Å². The molecule has 0 unspecified atom stereocenters. The van der Waals surface area contributed by atoms with E-state index in [0.717, 1.165) is 0 Å². The monoisotopic (exact) mass is 235 g/mol. The van der Waals surface area contributed by atoms with Gasteiger partial charge in [0.1, 0.15) is 0 Å². The summed E-state index contributed by atoms with van der Waals surface area (Å²) < 4.78 is 0. The highest BCUT2D eigenvalue weighted by Crippen LogP contribution is 2.23. The Morgan fingerprint density at radius 1 is 1.18 bits per heavy atom. The van der Waals surface area contributed by atoms with Gasteiger partial charge in [-0.1, -0.05) is 13.2 Å². The van der Waals surface area contributed by atoms with Crippen LogP contribution in [0.15, 0.2) is 30.3 Å². The Morgan fingerprint density at radius 3 is 1.88 bits per heavy atom. The van der Waals surface area contributed by atoms with Crippen molar-refractivity contribution in [2.45, 2.75) is 38.1 Å². The number of hydrogen-bond acceptors (Lipinski definition) is 4. The standard InChI is InChI=1S/C13H17NO3/c1-4-11(16)6-8-13(3,14-10-15)9-7-12(17)5-2/h4-5H,1-2,6-9H2,3H3. The van der Waals surface area contributed by atoms with Crippen molar-refractivity contribution in [3.05, 3.63) is 25.3 Å². The second-order valence-corrected chi connectivity index (χ2v) is 4.04. The van der Waals surface area contributed by atoms with Crippen LogP contribution in [0.3, 0.4) is 0 Å². The van der Waals surface area contributed by atoms with Gasteiger partial charge in [0, 0.05) is 12.8 Å². The van der Waals surface area contributed by atoms with Crippen LogP contribution in [0.2, 0.25) is 0 Å². The van der Waals surface area contributed by atoms with Gasteiger partial charge in [-0.3, -0.25) is 9.59 Å².